The lowest BCUT2D eigenvalue weighted by molar-refractivity contribution is -0.125. The van der Waals surface area contributed by atoms with Gasteiger partial charge in [0.05, 0.1) is 12.1 Å². The first-order valence-electron chi connectivity index (χ1n) is 10.5. The predicted octanol–water partition coefficient (Wildman–Crippen LogP) is 1.72. The van der Waals surface area contributed by atoms with Crippen molar-refractivity contribution in [3.8, 4) is 0 Å². The molecular weight excluding hydrogens is 384 g/mol. The second-order valence-corrected chi connectivity index (χ2v) is 8.89. The van der Waals surface area contributed by atoms with Crippen LogP contribution in [-0.4, -0.2) is 59.1 Å². The number of para-hydroxylation sites is 1. The van der Waals surface area contributed by atoms with E-state index in [1.807, 2.05) is 49.7 Å². The summed E-state index contributed by atoms with van der Waals surface area (Å²) < 4.78 is 7.35. The Hall–Kier alpha value is -2.45. The van der Waals surface area contributed by atoms with Gasteiger partial charge in [-0.25, -0.2) is 0 Å². The van der Waals surface area contributed by atoms with Gasteiger partial charge in [-0.2, -0.15) is 5.10 Å². The van der Waals surface area contributed by atoms with Gasteiger partial charge in [-0.1, -0.05) is 39.0 Å². The summed E-state index contributed by atoms with van der Waals surface area (Å²) in [5.41, 5.74) is 0.725. The van der Waals surface area contributed by atoms with Crippen LogP contribution in [0.3, 0.4) is 0 Å². The molecule has 164 valence electrons. The van der Waals surface area contributed by atoms with Crippen LogP contribution >= 0.6 is 0 Å². The number of amides is 2. The molecule has 0 saturated carbocycles. The van der Waals surface area contributed by atoms with Crippen LogP contribution in [0.4, 0.5) is 0 Å². The number of nitrogens with one attached hydrogen (secondary N) is 2. The monoisotopic (exact) mass is 416 g/mol. The normalized spacial score (nSPS) is 16.4. The van der Waals surface area contributed by atoms with Crippen molar-refractivity contribution < 1.29 is 19.4 Å². The second-order valence-electron chi connectivity index (χ2n) is 8.89. The largest absolute Gasteiger partial charge is 0.395 e. The molecular formula is C22H32N4O4. The van der Waals surface area contributed by atoms with Gasteiger partial charge in [0.1, 0.15) is 6.04 Å². The fourth-order valence-electron chi connectivity index (χ4n) is 3.76. The Balaban J connectivity index is 1.85. The molecule has 1 aromatic carbocycles. The number of benzene rings is 1. The van der Waals surface area contributed by atoms with Crippen LogP contribution in [0, 0.1) is 11.3 Å². The van der Waals surface area contributed by atoms with Crippen LogP contribution in [0.2, 0.25) is 0 Å². The molecule has 1 aliphatic heterocycles. The Morgan fingerprint density at radius 2 is 1.97 bits per heavy atom. The molecule has 2 amide bonds. The number of rotatable bonds is 7. The Labute approximate surface area is 177 Å². The number of aliphatic hydroxyl groups is 1. The molecule has 1 fully saturated rings. The van der Waals surface area contributed by atoms with Crippen molar-refractivity contribution >= 4 is 22.7 Å². The van der Waals surface area contributed by atoms with Gasteiger partial charge in [0.2, 0.25) is 5.91 Å². The van der Waals surface area contributed by atoms with E-state index in [1.165, 1.54) is 0 Å². The molecule has 8 heteroatoms. The number of carbonyl (C=O) groups is 2. The van der Waals surface area contributed by atoms with Crippen molar-refractivity contribution in [2.45, 2.75) is 46.2 Å². The molecule has 0 radical (unpaired) electrons. The van der Waals surface area contributed by atoms with E-state index in [0.717, 1.165) is 43.5 Å². The summed E-state index contributed by atoms with van der Waals surface area (Å²) in [7, 11) is 0. The molecule has 2 heterocycles. The van der Waals surface area contributed by atoms with Gasteiger partial charge in [0.15, 0.2) is 5.69 Å². The zero-order valence-corrected chi connectivity index (χ0v) is 18.0. The third kappa shape index (κ3) is 5.17. The molecule has 1 saturated heterocycles. The number of hydrogen-bond acceptors (Lipinski definition) is 5. The number of fused-ring (bicyclic) bond motifs is 1. The van der Waals surface area contributed by atoms with Gasteiger partial charge >= 0.3 is 0 Å². The summed E-state index contributed by atoms with van der Waals surface area (Å²) >= 11 is 0. The Bertz CT molecular complexity index is 881. The van der Waals surface area contributed by atoms with E-state index in [9.17, 15) is 9.59 Å². The molecule has 0 bridgehead atoms. The maximum atomic E-state index is 13.2. The topological polar surface area (TPSA) is 105 Å². The van der Waals surface area contributed by atoms with E-state index >= 15 is 0 Å². The van der Waals surface area contributed by atoms with E-state index in [-0.39, 0.29) is 25.0 Å². The summed E-state index contributed by atoms with van der Waals surface area (Å²) in [4.78, 5) is 25.7. The molecule has 0 unspecified atom stereocenters. The average molecular weight is 417 g/mol. The lowest BCUT2D eigenvalue weighted by Gasteiger charge is -2.30. The highest BCUT2D eigenvalue weighted by atomic mass is 16.5. The fraction of sp³-hybridized carbons (Fsp3) is 0.591. The van der Waals surface area contributed by atoms with Crippen molar-refractivity contribution in [3.05, 3.63) is 30.0 Å². The van der Waals surface area contributed by atoms with Crippen molar-refractivity contribution in [3.63, 3.8) is 0 Å². The zero-order chi connectivity index (χ0) is 21.7. The van der Waals surface area contributed by atoms with Gasteiger partial charge in [-0.3, -0.25) is 14.3 Å². The van der Waals surface area contributed by atoms with Crippen LogP contribution in [-0.2, 0) is 16.1 Å². The summed E-state index contributed by atoms with van der Waals surface area (Å²) in [5, 5.41) is 19.9. The van der Waals surface area contributed by atoms with Gasteiger partial charge in [0.25, 0.3) is 5.91 Å². The third-order valence-electron chi connectivity index (χ3n) is 5.46. The first kappa shape index (κ1) is 22.2. The first-order valence-corrected chi connectivity index (χ1v) is 10.5. The predicted molar refractivity (Wildman–Crippen MR) is 114 cm³/mol. The van der Waals surface area contributed by atoms with Crippen molar-refractivity contribution in [2.75, 3.05) is 26.4 Å². The molecule has 30 heavy (non-hydrogen) atoms. The van der Waals surface area contributed by atoms with Crippen LogP contribution in [0.5, 0.6) is 0 Å². The molecule has 3 N–H and O–H groups in total. The Kier molecular flexibility index (Phi) is 7.10. The molecule has 1 aromatic heterocycles. The Morgan fingerprint density at radius 1 is 1.27 bits per heavy atom. The van der Waals surface area contributed by atoms with E-state index in [4.69, 9.17) is 9.84 Å². The van der Waals surface area contributed by atoms with Crippen molar-refractivity contribution in [1.29, 1.82) is 0 Å². The standard InChI is InChI=1S/C22H32N4O4/c1-22(2,3)19(21(29)23-10-11-27)24-20(28)18-16-6-4-5-7-17(16)26(25-18)14-15-8-12-30-13-9-15/h4-7,15,19,27H,8-14H2,1-3H3,(H,23,29)(H,24,28)/t19-/m1/s1. The van der Waals surface area contributed by atoms with E-state index in [1.54, 1.807) is 0 Å². The summed E-state index contributed by atoms with van der Waals surface area (Å²) in [6, 6.07) is 6.92. The van der Waals surface area contributed by atoms with Crippen LogP contribution in [0.15, 0.2) is 24.3 Å². The summed E-state index contributed by atoms with van der Waals surface area (Å²) in [6.07, 6.45) is 1.96. The smallest absolute Gasteiger partial charge is 0.273 e. The number of ether oxygens (including phenoxy) is 1. The molecule has 2 aromatic rings. The SMILES string of the molecule is CC(C)(C)[C@H](NC(=O)c1nn(CC2CCOCC2)c2ccccc12)C(=O)NCCO. The molecule has 0 spiro atoms. The minimum Gasteiger partial charge on any atom is -0.395 e. The molecule has 3 rings (SSSR count). The van der Waals surface area contributed by atoms with Crippen LogP contribution in [0.25, 0.3) is 10.9 Å². The summed E-state index contributed by atoms with van der Waals surface area (Å²) in [6.45, 7) is 7.90. The van der Waals surface area contributed by atoms with Crippen LogP contribution in [0.1, 0.15) is 44.1 Å². The first-order chi connectivity index (χ1) is 14.3. The number of aromatic nitrogens is 2. The highest BCUT2D eigenvalue weighted by Crippen LogP contribution is 2.24. The van der Waals surface area contributed by atoms with Gasteiger partial charge < -0.3 is 20.5 Å². The average Bonchev–Trinajstić information content (AvgIpc) is 3.08. The van der Waals surface area contributed by atoms with Crippen molar-refractivity contribution in [1.82, 2.24) is 20.4 Å². The minimum absolute atomic E-state index is 0.143. The number of nitrogens with zero attached hydrogens (tertiary/aromatic N) is 2. The lowest BCUT2D eigenvalue weighted by atomic mass is 9.86. The highest BCUT2D eigenvalue weighted by Gasteiger charge is 2.34. The highest BCUT2D eigenvalue weighted by molar-refractivity contribution is 6.06. The second kappa shape index (κ2) is 9.57. The number of hydrogen-bond donors (Lipinski definition) is 3. The molecule has 1 aliphatic rings. The maximum absolute atomic E-state index is 13.2. The van der Waals surface area contributed by atoms with Gasteiger partial charge in [-0.05, 0) is 30.2 Å². The molecule has 0 aliphatic carbocycles. The van der Waals surface area contributed by atoms with Gasteiger partial charge in [-0.15, -0.1) is 0 Å². The molecule has 1 atom stereocenters. The Morgan fingerprint density at radius 3 is 2.63 bits per heavy atom. The quantitative estimate of drug-likeness (QED) is 0.637. The maximum Gasteiger partial charge on any atom is 0.273 e. The minimum atomic E-state index is -0.754. The molecule has 8 nitrogen and oxygen atoms in total. The van der Waals surface area contributed by atoms with Crippen LogP contribution < -0.4 is 10.6 Å². The van der Waals surface area contributed by atoms with Crippen molar-refractivity contribution in [2.24, 2.45) is 11.3 Å². The number of aliphatic hydroxyl groups excluding tert-OH is 1. The fourth-order valence-corrected chi connectivity index (χ4v) is 3.76. The summed E-state index contributed by atoms with van der Waals surface area (Å²) in [5.74, 6) is -0.239. The van der Waals surface area contributed by atoms with E-state index in [2.05, 4.69) is 15.7 Å². The van der Waals surface area contributed by atoms with E-state index in [0.29, 0.717) is 11.6 Å². The lowest BCUT2D eigenvalue weighted by Crippen LogP contribution is -2.54. The van der Waals surface area contributed by atoms with Gasteiger partial charge in [0, 0.05) is 31.7 Å². The van der Waals surface area contributed by atoms with E-state index < -0.39 is 11.5 Å². The third-order valence-corrected chi connectivity index (χ3v) is 5.46. The zero-order valence-electron chi connectivity index (χ0n) is 18.0. The number of carbonyl (C=O) groups excluding carboxylic acids is 2.